The maximum Gasteiger partial charge on any atom is 0.416 e. The van der Waals surface area contributed by atoms with Gasteiger partial charge >= 0.3 is 12.4 Å². The van der Waals surface area contributed by atoms with E-state index in [0.717, 1.165) is 59.5 Å². The van der Waals surface area contributed by atoms with Crippen molar-refractivity contribution >= 4 is 45.0 Å². The Bertz CT molecular complexity index is 1390. The summed E-state index contributed by atoms with van der Waals surface area (Å²) in [4.78, 5) is 13.2. The van der Waals surface area contributed by atoms with Gasteiger partial charge in [-0.15, -0.1) is 11.3 Å². The minimum atomic E-state index is -4.51. The average Bonchev–Trinajstić information content (AvgIpc) is 3.25. The second-order valence-corrected chi connectivity index (χ2v) is 9.59. The van der Waals surface area contributed by atoms with E-state index in [2.05, 4.69) is 0 Å². The number of ketones is 1. The number of carbonyl (C=O) groups is 1. The van der Waals surface area contributed by atoms with E-state index in [4.69, 9.17) is 0 Å². The molecule has 0 bridgehead atoms. The highest BCUT2D eigenvalue weighted by molar-refractivity contribution is 8.04. The first-order valence-corrected chi connectivity index (χ1v) is 11.3. The highest BCUT2D eigenvalue weighted by atomic mass is 32.2. The highest BCUT2D eigenvalue weighted by Gasteiger charge is 2.34. The van der Waals surface area contributed by atoms with Crippen molar-refractivity contribution in [1.82, 2.24) is 0 Å². The molecule has 1 aromatic heterocycles. The molecule has 0 spiro atoms. The molecular weight excluding hydrogens is 498 g/mol. The van der Waals surface area contributed by atoms with Crippen molar-refractivity contribution in [2.45, 2.75) is 24.2 Å². The Kier molecular flexibility index (Phi) is 6.15. The van der Waals surface area contributed by atoms with Crippen molar-refractivity contribution in [2.24, 2.45) is 0 Å². The van der Waals surface area contributed by atoms with Crippen molar-refractivity contribution < 1.29 is 36.2 Å². The van der Waals surface area contributed by atoms with E-state index < -0.39 is 23.5 Å². The van der Waals surface area contributed by atoms with Crippen LogP contribution < -0.4 is 5.11 Å². The molecule has 34 heavy (non-hydrogen) atoms. The van der Waals surface area contributed by atoms with Crippen LogP contribution in [0, 0.1) is 0 Å². The van der Waals surface area contributed by atoms with E-state index in [1.54, 1.807) is 19.1 Å². The maximum absolute atomic E-state index is 12.9. The summed E-state index contributed by atoms with van der Waals surface area (Å²) in [5.41, 5.74) is -0.839. The normalized spacial score (nSPS) is 16.3. The lowest BCUT2D eigenvalue weighted by Gasteiger charge is -2.07. The number of thiophene rings is 1. The second kappa shape index (κ2) is 8.66. The molecule has 4 rings (SSSR count). The van der Waals surface area contributed by atoms with Crippen molar-refractivity contribution in [1.29, 1.82) is 0 Å². The molecule has 0 fully saturated rings. The number of benzene rings is 2. The molecule has 0 amide bonds. The number of Topliss-reactive ketones (excluding diaryl/α,β-unsaturated/α-hetero) is 1. The maximum atomic E-state index is 12.9. The van der Waals surface area contributed by atoms with Gasteiger partial charge in [0, 0.05) is 20.0 Å². The van der Waals surface area contributed by atoms with E-state index in [-0.39, 0.29) is 41.9 Å². The fourth-order valence-corrected chi connectivity index (χ4v) is 5.29. The van der Waals surface area contributed by atoms with Gasteiger partial charge in [0.15, 0.2) is 0 Å². The number of rotatable bonds is 3. The van der Waals surface area contributed by atoms with Crippen LogP contribution in [0.15, 0.2) is 70.0 Å². The number of carbonyl (C=O) groups excluding carboxylic acids is 1. The standard InChI is InChI=1S/C24H14F6O2S2/c1-12(2-8-17-21(31)15-6-4-13(23(25,26)27)10-19(15)33-17)3-9-18-22(32)16-7-5-14(24(28,29)30)11-20(16)34-18/h2-11,31H,1H3/p-1/b8-2+,12-3+,18-9+. The fourth-order valence-electron chi connectivity index (χ4n) is 3.23. The van der Waals surface area contributed by atoms with Crippen molar-refractivity contribution in [3.8, 4) is 5.75 Å². The molecule has 2 nitrogen and oxygen atoms in total. The third kappa shape index (κ3) is 4.78. The number of thioether (sulfide) groups is 1. The average molecular weight is 511 g/mol. The molecule has 1 aliphatic rings. The summed E-state index contributed by atoms with van der Waals surface area (Å²) in [6.07, 6.45) is -2.89. The number of alkyl halides is 6. The Labute approximate surface area is 197 Å². The molecule has 0 aliphatic carbocycles. The minimum Gasteiger partial charge on any atom is -0.871 e. The predicted octanol–water partition coefficient (Wildman–Crippen LogP) is 7.84. The van der Waals surface area contributed by atoms with Gasteiger partial charge in [-0.2, -0.15) is 26.3 Å². The first-order valence-electron chi connectivity index (χ1n) is 9.66. The largest absolute Gasteiger partial charge is 0.871 e. The second-order valence-electron chi connectivity index (χ2n) is 7.42. The lowest BCUT2D eigenvalue weighted by atomic mass is 10.1. The van der Waals surface area contributed by atoms with Crippen molar-refractivity contribution in [2.75, 3.05) is 0 Å². The Balaban J connectivity index is 1.54. The molecule has 2 aromatic carbocycles. The molecule has 0 saturated heterocycles. The van der Waals surface area contributed by atoms with Crippen LogP contribution in [-0.2, 0) is 12.4 Å². The molecule has 0 unspecified atom stereocenters. The third-order valence-electron chi connectivity index (χ3n) is 4.99. The Morgan fingerprint density at radius 1 is 0.971 bits per heavy atom. The van der Waals surface area contributed by atoms with E-state index in [1.807, 2.05) is 0 Å². The zero-order chi connectivity index (χ0) is 24.8. The Hall–Kier alpha value is -2.98. The van der Waals surface area contributed by atoms with Crippen LogP contribution in [0.4, 0.5) is 26.3 Å². The van der Waals surface area contributed by atoms with E-state index in [1.165, 1.54) is 12.2 Å². The van der Waals surface area contributed by atoms with Gasteiger partial charge < -0.3 is 5.11 Å². The van der Waals surface area contributed by atoms with Gasteiger partial charge in [0.05, 0.1) is 16.0 Å². The third-order valence-corrected chi connectivity index (χ3v) is 7.19. The number of hydrogen-bond acceptors (Lipinski definition) is 4. The van der Waals surface area contributed by atoms with Crippen LogP contribution in [0.5, 0.6) is 5.75 Å². The molecule has 0 saturated carbocycles. The van der Waals surface area contributed by atoms with Crippen molar-refractivity contribution in [3.05, 3.63) is 86.7 Å². The summed E-state index contributed by atoms with van der Waals surface area (Å²) >= 11 is 1.89. The number of allylic oxidation sites excluding steroid dienone is 5. The van der Waals surface area contributed by atoms with Crippen LogP contribution >= 0.6 is 23.1 Å². The summed E-state index contributed by atoms with van der Waals surface area (Å²) in [6, 6.07) is 5.94. The van der Waals surface area contributed by atoms with E-state index in [9.17, 15) is 36.2 Å². The zero-order valence-electron chi connectivity index (χ0n) is 17.2. The summed E-state index contributed by atoms with van der Waals surface area (Å²) in [6.45, 7) is 1.69. The van der Waals surface area contributed by atoms with Crippen molar-refractivity contribution in [3.63, 3.8) is 0 Å². The zero-order valence-corrected chi connectivity index (χ0v) is 18.8. The summed E-state index contributed by atoms with van der Waals surface area (Å²) in [7, 11) is 0. The van der Waals surface area contributed by atoms with Gasteiger partial charge in [0.2, 0.25) is 5.78 Å². The predicted molar refractivity (Wildman–Crippen MR) is 119 cm³/mol. The van der Waals surface area contributed by atoms with E-state index >= 15 is 0 Å². The lowest BCUT2D eigenvalue weighted by Crippen LogP contribution is -2.05. The van der Waals surface area contributed by atoms with Crippen LogP contribution in [-0.4, -0.2) is 5.78 Å². The van der Waals surface area contributed by atoms with Crippen LogP contribution in [0.1, 0.15) is 33.3 Å². The topological polar surface area (TPSA) is 40.1 Å². The van der Waals surface area contributed by atoms with Gasteiger partial charge in [0.25, 0.3) is 0 Å². The summed E-state index contributed by atoms with van der Waals surface area (Å²) in [5, 5.41) is 12.7. The molecule has 176 valence electrons. The highest BCUT2D eigenvalue weighted by Crippen LogP contribution is 2.43. The molecular formula is C24H13F6O2S2-. The fraction of sp³-hybridized carbons (Fsp3) is 0.125. The molecule has 10 heteroatoms. The molecule has 0 radical (unpaired) electrons. The molecule has 2 heterocycles. The van der Waals surface area contributed by atoms with E-state index in [0.29, 0.717) is 5.57 Å². The van der Waals surface area contributed by atoms with Gasteiger partial charge in [-0.05, 0) is 54.8 Å². The molecule has 0 atom stereocenters. The van der Waals surface area contributed by atoms with Gasteiger partial charge in [-0.3, -0.25) is 4.79 Å². The Morgan fingerprint density at radius 2 is 1.62 bits per heavy atom. The minimum absolute atomic E-state index is 0.199. The van der Waals surface area contributed by atoms with Crippen LogP contribution in [0.2, 0.25) is 0 Å². The van der Waals surface area contributed by atoms with Crippen LogP contribution in [0.25, 0.3) is 16.2 Å². The first-order chi connectivity index (χ1) is 15.8. The van der Waals surface area contributed by atoms with Gasteiger partial charge in [-0.25, -0.2) is 0 Å². The molecule has 0 N–H and O–H groups in total. The summed E-state index contributed by atoms with van der Waals surface area (Å²) < 4.78 is 77.6. The molecule has 3 aromatic rings. The first kappa shape index (κ1) is 24.2. The Morgan fingerprint density at radius 3 is 2.29 bits per heavy atom. The number of hydrogen-bond donors (Lipinski definition) is 0. The summed E-state index contributed by atoms with van der Waals surface area (Å²) in [5.74, 6) is -0.762. The quantitative estimate of drug-likeness (QED) is 0.204. The van der Waals surface area contributed by atoms with Gasteiger partial charge in [-0.1, -0.05) is 41.3 Å². The molecule has 1 aliphatic heterocycles. The van der Waals surface area contributed by atoms with Crippen LogP contribution in [0.3, 0.4) is 0 Å². The SMILES string of the molecule is CC(/C=C/c1sc2cc(C(F)(F)F)ccc2c1[O-])=C\C=C1\Sc2cc(C(F)(F)F)ccc2C1=O. The van der Waals surface area contributed by atoms with Gasteiger partial charge in [0.1, 0.15) is 0 Å². The lowest BCUT2D eigenvalue weighted by molar-refractivity contribution is -0.265. The monoisotopic (exact) mass is 511 g/mol. The smallest absolute Gasteiger partial charge is 0.416 e. The number of halogens is 6. The number of fused-ring (bicyclic) bond motifs is 2.